The minimum absolute atomic E-state index is 0.303. The summed E-state index contributed by atoms with van der Waals surface area (Å²) in [7, 11) is 1.61. The summed E-state index contributed by atoms with van der Waals surface area (Å²) in [6.45, 7) is 0.303. The molecule has 0 spiro atoms. The van der Waals surface area contributed by atoms with E-state index < -0.39 is 0 Å². The molecule has 0 heterocycles. The Labute approximate surface area is 125 Å². The Morgan fingerprint density at radius 3 is 2.70 bits per heavy atom. The molecule has 0 aliphatic carbocycles. The van der Waals surface area contributed by atoms with E-state index in [0.29, 0.717) is 16.8 Å². The second-order valence-corrected chi connectivity index (χ2v) is 5.05. The lowest BCUT2D eigenvalue weighted by Gasteiger charge is -2.19. The van der Waals surface area contributed by atoms with Crippen molar-refractivity contribution in [2.75, 3.05) is 13.7 Å². The Kier molecular flexibility index (Phi) is 4.98. The second kappa shape index (κ2) is 6.72. The zero-order chi connectivity index (χ0) is 14.5. The summed E-state index contributed by atoms with van der Waals surface area (Å²) in [6, 6.07) is 11.8. The molecule has 0 saturated heterocycles. The van der Waals surface area contributed by atoms with Crippen molar-refractivity contribution in [2.45, 2.75) is 6.10 Å². The average Bonchev–Trinajstić information content (AvgIpc) is 2.46. The van der Waals surface area contributed by atoms with E-state index in [-0.39, 0.29) is 11.9 Å². The molecule has 0 aromatic heterocycles. The Morgan fingerprint density at radius 2 is 2.05 bits per heavy atom. The number of methoxy groups -OCH3 is 1. The van der Waals surface area contributed by atoms with Crippen LogP contribution >= 0.6 is 15.9 Å². The lowest BCUT2D eigenvalue weighted by atomic mass is 10.1. The maximum Gasteiger partial charge on any atom is 0.136 e. The van der Waals surface area contributed by atoms with E-state index in [1.807, 2.05) is 24.3 Å². The molecule has 2 aromatic carbocycles. The van der Waals surface area contributed by atoms with Crippen molar-refractivity contribution in [3.63, 3.8) is 0 Å². The van der Waals surface area contributed by atoms with Gasteiger partial charge < -0.3 is 15.2 Å². The highest BCUT2D eigenvalue weighted by molar-refractivity contribution is 9.10. The Morgan fingerprint density at radius 1 is 1.25 bits per heavy atom. The summed E-state index contributed by atoms with van der Waals surface area (Å²) in [5, 5.41) is 0. The van der Waals surface area contributed by atoms with E-state index >= 15 is 0 Å². The van der Waals surface area contributed by atoms with Gasteiger partial charge in [-0.05, 0) is 51.8 Å². The normalized spacial score (nSPS) is 12.0. The van der Waals surface area contributed by atoms with Gasteiger partial charge in [-0.15, -0.1) is 0 Å². The van der Waals surface area contributed by atoms with Gasteiger partial charge in [0.05, 0.1) is 11.6 Å². The predicted octanol–water partition coefficient (Wildman–Crippen LogP) is 3.68. The van der Waals surface area contributed by atoms with Crippen LogP contribution in [0.5, 0.6) is 11.5 Å². The minimum atomic E-state index is -0.327. The molecule has 2 N–H and O–H groups in total. The maximum absolute atomic E-state index is 13.1. The van der Waals surface area contributed by atoms with Gasteiger partial charge >= 0.3 is 0 Å². The zero-order valence-corrected chi connectivity index (χ0v) is 12.6. The molecule has 0 aliphatic rings. The van der Waals surface area contributed by atoms with Gasteiger partial charge in [0.15, 0.2) is 0 Å². The number of hydrogen-bond donors (Lipinski definition) is 1. The van der Waals surface area contributed by atoms with Crippen LogP contribution in [0.3, 0.4) is 0 Å². The monoisotopic (exact) mass is 339 g/mol. The quantitative estimate of drug-likeness (QED) is 0.903. The summed E-state index contributed by atoms with van der Waals surface area (Å²) < 4.78 is 24.6. The first-order valence-corrected chi connectivity index (χ1v) is 6.89. The first-order valence-electron chi connectivity index (χ1n) is 6.09. The smallest absolute Gasteiger partial charge is 0.136 e. The van der Waals surface area contributed by atoms with Crippen molar-refractivity contribution in [3.05, 3.63) is 58.3 Å². The Hall–Kier alpha value is -1.59. The molecule has 20 heavy (non-hydrogen) atoms. The SMILES string of the molecule is COc1cccc(C(CN)Oc2ccc(F)cc2Br)c1. The van der Waals surface area contributed by atoms with Gasteiger partial charge in [0.25, 0.3) is 0 Å². The zero-order valence-electron chi connectivity index (χ0n) is 11.0. The summed E-state index contributed by atoms with van der Waals surface area (Å²) in [6.07, 6.45) is -0.327. The molecule has 0 amide bonds. The lowest BCUT2D eigenvalue weighted by molar-refractivity contribution is 0.212. The lowest BCUT2D eigenvalue weighted by Crippen LogP contribution is -2.18. The number of benzene rings is 2. The first kappa shape index (κ1) is 14.8. The number of rotatable bonds is 5. The molecule has 106 valence electrons. The van der Waals surface area contributed by atoms with Crippen LogP contribution in [0.15, 0.2) is 46.9 Å². The Balaban J connectivity index is 2.23. The molecule has 1 atom stereocenters. The Bertz CT molecular complexity index is 592. The van der Waals surface area contributed by atoms with Crippen LogP contribution < -0.4 is 15.2 Å². The summed E-state index contributed by atoms with van der Waals surface area (Å²) in [5.41, 5.74) is 6.67. The molecule has 0 radical (unpaired) electrons. The van der Waals surface area contributed by atoms with Crippen LogP contribution in [0, 0.1) is 5.82 Å². The molecule has 1 unspecified atom stereocenters. The summed E-state index contributed by atoms with van der Waals surface area (Å²) in [5.74, 6) is 0.960. The number of halogens is 2. The van der Waals surface area contributed by atoms with Gasteiger partial charge in [-0.3, -0.25) is 0 Å². The van der Waals surface area contributed by atoms with Crippen LogP contribution in [-0.2, 0) is 0 Å². The van der Waals surface area contributed by atoms with Crippen LogP contribution in [0.25, 0.3) is 0 Å². The molecule has 0 bridgehead atoms. The molecule has 3 nitrogen and oxygen atoms in total. The van der Waals surface area contributed by atoms with Crippen LogP contribution in [-0.4, -0.2) is 13.7 Å². The van der Waals surface area contributed by atoms with Crippen molar-refractivity contribution in [1.29, 1.82) is 0 Å². The fourth-order valence-electron chi connectivity index (χ4n) is 1.82. The van der Waals surface area contributed by atoms with Gasteiger partial charge in [0.1, 0.15) is 23.4 Å². The molecule has 5 heteroatoms. The third-order valence-corrected chi connectivity index (χ3v) is 3.46. The standard InChI is InChI=1S/C15H15BrFNO2/c1-19-12-4-2-3-10(7-12)15(9-18)20-14-6-5-11(17)8-13(14)16/h2-8,15H,9,18H2,1H3. The largest absolute Gasteiger partial charge is 0.497 e. The predicted molar refractivity (Wildman–Crippen MR) is 79.5 cm³/mol. The van der Waals surface area contributed by atoms with E-state index in [1.54, 1.807) is 13.2 Å². The van der Waals surface area contributed by atoms with Crippen molar-refractivity contribution in [2.24, 2.45) is 5.73 Å². The second-order valence-electron chi connectivity index (χ2n) is 4.19. The molecular weight excluding hydrogens is 325 g/mol. The molecule has 2 aromatic rings. The highest BCUT2D eigenvalue weighted by Gasteiger charge is 2.14. The van der Waals surface area contributed by atoms with Gasteiger partial charge in [-0.1, -0.05) is 12.1 Å². The van der Waals surface area contributed by atoms with Crippen LogP contribution in [0.1, 0.15) is 11.7 Å². The van der Waals surface area contributed by atoms with Gasteiger partial charge in [0, 0.05) is 6.54 Å². The molecule has 2 rings (SSSR count). The fourth-order valence-corrected chi connectivity index (χ4v) is 2.26. The van der Waals surface area contributed by atoms with Crippen LogP contribution in [0.2, 0.25) is 0 Å². The summed E-state index contributed by atoms with van der Waals surface area (Å²) >= 11 is 3.27. The molecular formula is C15H15BrFNO2. The van der Waals surface area contributed by atoms with Crippen LogP contribution in [0.4, 0.5) is 4.39 Å². The maximum atomic E-state index is 13.1. The van der Waals surface area contributed by atoms with E-state index in [9.17, 15) is 4.39 Å². The van der Waals surface area contributed by atoms with E-state index in [0.717, 1.165) is 11.3 Å². The molecule has 0 fully saturated rings. The minimum Gasteiger partial charge on any atom is -0.497 e. The fraction of sp³-hybridized carbons (Fsp3) is 0.200. The van der Waals surface area contributed by atoms with Gasteiger partial charge in [0.2, 0.25) is 0 Å². The summed E-state index contributed by atoms with van der Waals surface area (Å²) in [4.78, 5) is 0. The average molecular weight is 340 g/mol. The van der Waals surface area contributed by atoms with E-state index in [2.05, 4.69) is 15.9 Å². The number of nitrogens with two attached hydrogens (primary N) is 1. The number of ether oxygens (including phenoxy) is 2. The highest BCUT2D eigenvalue weighted by Crippen LogP contribution is 2.30. The van der Waals surface area contributed by atoms with Crippen molar-refractivity contribution in [1.82, 2.24) is 0 Å². The van der Waals surface area contributed by atoms with E-state index in [1.165, 1.54) is 12.1 Å². The van der Waals surface area contributed by atoms with E-state index in [4.69, 9.17) is 15.2 Å². The molecule has 0 saturated carbocycles. The first-order chi connectivity index (χ1) is 9.63. The van der Waals surface area contributed by atoms with Crippen molar-refractivity contribution in [3.8, 4) is 11.5 Å². The van der Waals surface area contributed by atoms with Gasteiger partial charge in [-0.25, -0.2) is 4.39 Å². The van der Waals surface area contributed by atoms with Crippen molar-refractivity contribution >= 4 is 15.9 Å². The highest BCUT2D eigenvalue weighted by atomic mass is 79.9. The molecule has 0 aliphatic heterocycles. The van der Waals surface area contributed by atoms with Gasteiger partial charge in [-0.2, -0.15) is 0 Å². The topological polar surface area (TPSA) is 44.5 Å². The third-order valence-electron chi connectivity index (χ3n) is 2.84. The number of hydrogen-bond acceptors (Lipinski definition) is 3. The third kappa shape index (κ3) is 3.49. The van der Waals surface area contributed by atoms with Crippen molar-refractivity contribution < 1.29 is 13.9 Å².